The molecule has 0 amide bonds. The zero-order valence-corrected chi connectivity index (χ0v) is 9.79. The third-order valence-corrected chi connectivity index (χ3v) is 4.10. The second kappa shape index (κ2) is 8.18. The van der Waals surface area contributed by atoms with Crippen molar-refractivity contribution in [1.82, 2.24) is 0 Å². The molecule has 6 heteroatoms. The zero-order chi connectivity index (χ0) is 10.9. The highest BCUT2D eigenvalue weighted by Gasteiger charge is 2.34. The molecule has 0 bridgehead atoms. The van der Waals surface area contributed by atoms with E-state index in [1.165, 1.54) is 0 Å². The van der Waals surface area contributed by atoms with Gasteiger partial charge >= 0.3 is 8.80 Å². The Balaban J connectivity index is 0. The van der Waals surface area contributed by atoms with Crippen molar-refractivity contribution < 1.29 is 23.2 Å². The van der Waals surface area contributed by atoms with E-state index in [-0.39, 0.29) is 0 Å². The molecule has 0 fully saturated rings. The minimum Gasteiger partial charge on any atom is -0.481 e. The van der Waals surface area contributed by atoms with Crippen LogP contribution >= 0.6 is 0 Å². The normalized spacial score (nSPS) is 10.2. The van der Waals surface area contributed by atoms with Crippen molar-refractivity contribution in [2.45, 2.75) is 19.9 Å². The third kappa shape index (κ3) is 7.91. The number of carboxylic acids is 1. The van der Waals surface area contributed by atoms with Crippen LogP contribution in [0.2, 0.25) is 6.04 Å². The number of aliphatic carboxylic acids is 1. The lowest BCUT2D eigenvalue weighted by Gasteiger charge is -2.22. The van der Waals surface area contributed by atoms with Crippen LogP contribution in [0.3, 0.4) is 0 Å². The van der Waals surface area contributed by atoms with Crippen LogP contribution in [0.4, 0.5) is 0 Å². The van der Waals surface area contributed by atoms with Crippen LogP contribution in [0.5, 0.6) is 0 Å². The quantitative estimate of drug-likeness (QED) is 0.701. The zero-order valence-electron chi connectivity index (χ0n) is 8.79. The Labute approximate surface area is 80.0 Å². The maximum absolute atomic E-state index is 9.00. The Bertz CT molecular complexity index is 113. The lowest BCUT2D eigenvalue weighted by molar-refractivity contribution is -0.134. The summed E-state index contributed by atoms with van der Waals surface area (Å²) in [6.45, 7) is 3.07. The SMILES string of the molecule is CC(=O)O.CC[Si](OC)(OC)OC. The molecule has 0 rings (SSSR count). The second-order valence-electron chi connectivity index (χ2n) is 2.17. The van der Waals surface area contributed by atoms with Crippen molar-refractivity contribution >= 4 is 14.8 Å². The second-order valence-corrected chi connectivity index (χ2v) is 5.47. The number of hydrogen-bond acceptors (Lipinski definition) is 4. The number of rotatable bonds is 4. The van der Waals surface area contributed by atoms with Crippen LogP contribution in [0, 0.1) is 0 Å². The Kier molecular flexibility index (Phi) is 9.47. The van der Waals surface area contributed by atoms with Crippen molar-refractivity contribution in [3.63, 3.8) is 0 Å². The molecule has 0 aromatic carbocycles. The van der Waals surface area contributed by atoms with Crippen LogP contribution in [0.1, 0.15) is 13.8 Å². The molecule has 0 aliphatic rings. The summed E-state index contributed by atoms with van der Waals surface area (Å²) in [7, 11) is 2.65. The van der Waals surface area contributed by atoms with E-state index in [1.807, 2.05) is 6.92 Å². The molecule has 0 saturated heterocycles. The molecule has 0 aliphatic heterocycles. The fourth-order valence-electron chi connectivity index (χ4n) is 0.683. The Hall–Kier alpha value is -0.433. The predicted molar refractivity (Wildman–Crippen MR) is 50.6 cm³/mol. The molecular weight excluding hydrogens is 192 g/mol. The summed E-state index contributed by atoms with van der Waals surface area (Å²) in [6.07, 6.45) is 0. The van der Waals surface area contributed by atoms with Gasteiger partial charge in [0.2, 0.25) is 0 Å². The summed E-state index contributed by atoms with van der Waals surface area (Å²) in [5.74, 6) is -0.833. The summed E-state index contributed by atoms with van der Waals surface area (Å²) < 4.78 is 15.2. The van der Waals surface area contributed by atoms with E-state index in [0.29, 0.717) is 0 Å². The standard InChI is InChI=1S/C5H14O3Si.C2H4O2/c1-5-9(6-2,7-3)8-4;1-2(3)4/h5H2,1-4H3;1H3,(H,3,4). The molecule has 0 spiro atoms. The topological polar surface area (TPSA) is 65.0 Å². The maximum Gasteiger partial charge on any atom is 0.499 e. The van der Waals surface area contributed by atoms with Gasteiger partial charge in [0, 0.05) is 34.3 Å². The van der Waals surface area contributed by atoms with E-state index >= 15 is 0 Å². The third-order valence-electron chi connectivity index (χ3n) is 1.37. The fraction of sp³-hybridized carbons (Fsp3) is 0.857. The molecular formula is C7H18O5Si. The first-order chi connectivity index (χ1) is 5.97. The van der Waals surface area contributed by atoms with Gasteiger partial charge in [-0.1, -0.05) is 6.92 Å². The molecule has 5 nitrogen and oxygen atoms in total. The molecule has 0 aromatic heterocycles. The maximum atomic E-state index is 9.00. The summed E-state index contributed by atoms with van der Waals surface area (Å²) in [5, 5.41) is 7.42. The molecule has 13 heavy (non-hydrogen) atoms. The molecule has 0 saturated carbocycles. The molecule has 1 N–H and O–H groups in total. The van der Waals surface area contributed by atoms with E-state index in [9.17, 15) is 0 Å². The highest BCUT2D eigenvalue weighted by molar-refractivity contribution is 6.60. The highest BCUT2D eigenvalue weighted by atomic mass is 28.4. The van der Waals surface area contributed by atoms with Gasteiger partial charge < -0.3 is 18.4 Å². The minimum absolute atomic E-state index is 0.816. The Morgan fingerprint density at radius 2 is 1.46 bits per heavy atom. The molecule has 0 unspecified atom stereocenters. The van der Waals surface area contributed by atoms with Gasteiger partial charge in [0.05, 0.1) is 0 Å². The first kappa shape index (κ1) is 15.1. The number of carboxylic acid groups (broad SMARTS) is 1. The van der Waals surface area contributed by atoms with Gasteiger partial charge in [0.1, 0.15) is 0 Å². The fourth-order valence-corrected chi connectivity index (χ4v) is 2.05. The van der Waals surface area contributed by atoms with Crippen molar-refractivity contribution in [3.8, 4) is 0 Å². The molecule has 0 atom stereocenters. The minimum atomic E-state index is -2.19. The van der Waals surface area contributed by atoms with Crippen LogP contribution in [-0.4, -0.2) is 41.2 Å². The average molecular weight is 210 g/mol. The van der Waals surface area contributed by atoms with Gasteiger partial charge in [0.25, 0.3) is 5.97 Å². The van der Waals surface area contributed by atoms with Gasteiger partial charge in [-0.25, -0.2) is 0 Å². The predicted octanol–water partition coefficient (Wildman–Crippen LogP) is 0.975. The summed E-state index contributed by atoms with van der Waals surface area (Å²) in [6, 6.07) is 0.816. The van der Waals surface area contributed by atoms with E-state index in [4.69, 9.17) is 23.2 Å². The van der Waals surface area contributed by atoms with Gasteiger partial charge in [-0.05, 0) is 0 Å². The van der Waals surface area contributed by atoms with Crippen molar-refractivity contribution in [2.24, 2.45) is 0 Å². The summed E-state index contributed by atoms with van der Waals surface area (Å²) in [4.78, 5) is 9.00. The molecule has 0 aromatic rings. The summed E-state index contributed by atoms with van der Waals surface area (Å²) >= 11 is 0. The van der Waals surface area contributed by atoms with Crippen molar-refractivity contribution in [1.29, 1.82) is 0 Å². The molecule has 0 radical (unpaired) electrons. The first-order valence-electron chi connectivity index (χ1n) is 3.83. The van der Waals surface area contributed by atoms with Gasteiger partial charge in [-0.15, -0.1) is 0 Å². The lowest BCUT2D eigenvalue weighted by atomic mass is 10.9. The Morgan fingerprint density at radius 1 is 1.23 bits per heavy atom. The molecule has 0 aliphatic carbocycles. The monoisotopic (exact) mass is 210 g/mol. The van der Waals surface area contributed by atoms with Crippen molar-refractivity contribution in [2.75, 3.05) is 21.3 Å². The smallest absolute Gasteiger partial charge is 0.481 e. The lowest BCUT2D eigenvalue weighted by Crippen LogP contribution is -2.41. The average Bonchev–Trinajstić information content (AvgIpc) is 2.09. The van der Waals surface area contributed by atoms with E-state index in [2.05, 4.69) is 0 Å². The van der Waals surface area contributed by atoms with Crippen LogP contribution in [-0.2, 0) is 18.1 Å². The largest absolute Gasteiger partial charge is 0.499 e. The number of hydrogen-bond donors (Lipinski definition) is 1. The first-order valence-corrected chi connectivity index (χ1v) is 5.76. The molecule has 80 valence electrons. The summed E-state index contributed by atoms with van der Waals surface area (Å²) in [5.41, 5.74) is 0. The van der Waals surface area contributed by atoms with Crippen LogP contribution in [0.15, 0.2) is 0 Å². The van der Waals surface area contributed by atoms with Gasteiger partial charge in [-0.3, -0.25) is 4.79 Å². The highest BCUT2D eigenvalue weighted by Crippen LogP contribution is 2.10. The van der Waals surface area contributed by atoms with Crippen molar-refractivity contribution in [3.05, 3.63) is 0 Å². The van der Waals surface area contributed by atoms with E-state index in [0.717, 1.165) is 13.0 Å². The van der Waals surface area contributed by atoms with E-state index < -0.39 is 14.8 Å². The Morgan fingerprint density at radius 3 is 1.46 bits per heavy atom. The van der Waals surface area contributed by atoms with Crippen LogP contribution < -0.4 is 0 Å². The van der Waals surface area contributed by atoms with E-state index in [1.54, 1.807) is 21.3 Å². The molecule has 0 heterocycles. The van der Waals surface area contributed by atoms with Crippen LogP contribution in [0.25, 0.3) is 0 Å². The number of carbonyl (C=O) groups is 1. The van der Waals surface area contributed by atoms with Gasteiger partial charge in [0.15, 0.2) is 0 Å². The van der Waals surface area contributed by atoms with Gasteiger partial charge in [-0.2, -0.15) is 0 Å².